The largest absolute Gasteiger partial charge is 0.381 e. The molecule has 1 atom stereocenters. The molecule has 0 saturated carbocycles. The van der Waals surface area contributed by atoms with E-state index in [1.807, 2.05) is 12.3 Å². The minimum absolute atomic E-state index is 0.396. The van der Waals surface area contributed by atoms with E-state index in [4.69, 9.17) is 4.74 Å². The minimum Gasteiger partial charge on any atom is -0.381 e. The molecule has 1 aliphatic heterocycles. The quantitative estimate of drug-likeness (QED) is 0.763. The van der Waals surface area contributed by atoms with Crippen LogP contribution < -0.4 is 10.0 Å². The Bertz CT molecular complexity index is 507. The predicted octanol–water partition coefficient (Wildman–Crippen LogP) is 1.56. The minimum atomic E-state index is -3.36. The van der Waals surface area contributed by atoms with Gasteiger partial charge in [0.15, 0.2) is 0 Å². The number of rotatable bonds is 8. The normalized spacial score (nSPS) is 19.6. The highest BCUT2D eigenvalue weighted by molar-refractivity contribution is 7.91. The van der Waals surface area contributed by atoms with E-state index in [-0.39, 0.29) is 0 Å². The summed E-state index contributed by atoms with van der Waals surface area (Å²) in [6.07, 6.45) is 1.88. The van der Waals surface area contributed by atoms with E-state index in [1.165, 1.54) is 11.3 Å². The molecule has 1 aromatic heterocycles. The summed E-state index contributed by atoms with van der Waals surface area (Å²) in [6, 6.07) is 1.74. The first-order valence-corrected chi connectivity index (χ1v) is 9.33. The van der Waals surface area contributed by atoms with Crippen molar-refractivity contribution in [1.82, 2.24) is 10.0 Å². The van der Waals surface area contributed by atoms with Crippen LogP contribution in [0.4, 0.5) is 0 Å². The first-order chi connectivity index (χ1) is 9.62. The molecule has 0 aliphatic carbocycles. The van der Waals surface area contributed by atoms with Crippen molar-refractivity contribution in [2.24, 2.45) is 5.92 Å². The molecule has 0 bridgehead atoms. The highest BCUT2D eigenvalue weighted by Crippen LogP contribution is 2.21. The van der Waals surface area contributed by atoms with Crippen LogP contribution in [0.25, 0.3) is 0 Å². The van der Waals surface area contributed by atoms with E-state index < -0.39 is 10.0 Å². The second-order valence-electron chi connectivity index (χ2n) is 4.97. The monoisotopic (exact) mass is 318 g/mol. The first-order valence-electron chi connectivity index (χ1n) is 6.97. The van der Waals surface area contributed by atoms with E-state index in [2.05, 4.69) is 10.0 Å². The van der Waals surface area contributed by atoms with Crippen LogP contribution in [0.3, 0.4) is 0 Å². The van der Waals surface area contributed by atoms with Crippen LogP contribution in [0.15, 0.2) is 15.7 Å². The van der Waals surface area contributed by atoms with Crippen LogP contribution in [0.2, 0.25) is 0 Å². The number of nitrogens with one attached hydrogen (secondary N) is 2. The summed E-state index contributed by atoms with van der Waals surface area (Å²) >= 11 is 1.27. The second kappa shape index (κ2) is 7.51. The summed E-state index contributed by atoms with van der Waals surface area (Å²) in [5.41, 5.74) is 1.02. The lowest BCUT2D eigenvalue weighted by molar-refractivity contribution is 0.184. The molecule has 2 heterocycles. The van der Waals surface area contributed by atoms with Crippen LogP contribution >= 0.6 is 11.3 Å². The fourth-order valence-corrected chi connectivity index (χ4v) is 4.44. The molecule has 7 heteroatoms. The van der Waals surface area contributed by atoms with E-state index in [9.17, 15) is 8.42 Å². The summed E-state index contributed by atoms with van der Waals surface area (Å²) in [5, 5.41) is 5.08. The molecule has 20 heavy (non-hydrogen) atoms. The van der Waals surface area contributed by atoms with Crippen molar-refractivity contribution in [3.8, 4) is 0 Å². The average molecular weight is 318 g/mol. The smallest absolute Gasteiger partial charge is 0.250 e. The maximum atomic E-state index is 12.1. The number of ether oxygens (including phenoxy) is 1. The molecular formula is C13H22N2O3S2. The van der Waals surface area contributed by atoms with E-state index in [0.29, 0.717) is 23.2 Å². The Morgan fingerprint density at radius 2 is 2.35 bits per heavy atom. The fraction of sp³-hybridized carbons (Fsp3) is 0.692. The van der Waals surface area contributed by atoms with Crippen molar-refractivity contribution < 1.29 is 13.2 Å². The van der Waals surface area contributed by atoms with Gasteiger partial charge in [0.1, 0.15) is 4.21 Å². The van der Waals surface area contributed by atoms with Crippen molar-refractivity contribution in [2.45, 2.75) is 30.5 Å². The van der Waals surface area contributed by atoms with Crippen molar-refractivity contribution in [2.75, 3.05) is 26.3 Å². The molecular weight excluding hydrogens is 296 g/mol. The van der Waals surface area contributed by atoms with E-state index in [0.717, 1.165) is 38.2 Å². The third-order valence-electron chi connectivity index (χ3n) is 3.34. The zero-order chi connectivity index (χ0) is 14.4. The molecule has 1 saturated heterocycles. The van der Waals surface area contributed by atoms with Gasteiger partial charge >= 0.3 is 0 Å². The number of thiophene rings is 1. The first kappa shape index (κ1) is 15.9. The predicted molar refractivity (Wildman–Crippen MR) is 80.4 cm³/mol. The number of hydrogen-bond donors (Lipinski definition) is 2. The Hall–Kier alpha value is -0.470. The maximum Gasteiger partial charge on any atom is 0.250 e. The Morgan fingerprint density at radius 3 is 3.05 bits per heavy atom. The molecule has 1 fully saturated rings. The van der Waals surface area contributed by atoms with Gasteiger partial charge in [0, 0.05) is 26.3 Å². The molecule has 2 N–H and O–H groups in total. The zero-order valence-corrected chi connectivity index (χ0v) is 13.4. The van der Waals surface area contributed by atoms with Gasteiger partial charge in [-0.15, -0.1) is 11.3 Å². The van der Waals surface area contributed by atoms with Gasteiger partial charge in [-0.1, -0.05) is 6.92 Å². The highest BCUT2D eigenvalue weighted by atomic mass is 32.2. The van der Waals surface area contributed by atoms with E-state index >= 15 is 0 Å². The van der Waals surface area contributed by atoms with Crippen LogP contribution in [-0.2, 0) is 21.3 Å². The SMILES string of the molecule is CCNCc1csc(S(=O)(=O)NCCC2CCOC2)c1. The summed E-state index contributed by atoms with van der Waals surface area (Å²) in [7, 11) is -3.36. The lowest BCUT2D eigenvalue weighted by Gasteiger charge is -2.08. The molecule has 1 aliphatic rings. The molecule has 0 amide bonds. The molecule has 0 aromatic carbocycles. The number of hydrogen-bond acceptors (Lipinski definition) is 5. The maximum absolute atomic E-state index is 12.1. The second-order valence-corrected chi connectivity index (χ2v) is 7.88. The van der Waals surface area contributed by atoms with Crippen molar-refractivity contribution in [1.29, 1.82) is 0 Å². The van der Waals surface area contributed by atoms with Gasteiger partial charge in [0.05, 0.1) is 0 Å². The highest BCUT2D eigenvalue weighted by Gasteiger charge is 2.19. The van der Waals surface area contributed by atoms with Crippen LogP contribution in [0.5, 0.6) is 0 Å². The Kier molecular flexibility index (Phi) is 5.98. The van der Waals surface area contributed by atoms with Crippen molar-refractivity contribution in [3.05, 3.63) is 17.0 Å². The standard InChI is InChI=1S/C13H22N2O3S2/c1-2-14-8-12-7-13(19-10-12)20(16,17)15-5-3-11-4-6-18-9-11/h7,10-11,14-15H,2-6,8-9H2,1H3. The lowest BCUT2D eigenvalue weighted by atomic mass is 10.1. The fourth-order valence-electron chi connectivity index (χ4n) is 2.14. The van der Waals surface area contributed by atoms with Crippen LogP contribution in [0, 0.1) is 5.92 Å². The molecule has 114 valence electrons. The van der Waals surface area contributed by atoms with Crippen molar-refractivity contribution >= 4 is 21.4 Å². The molecule has 1 unspecified atom stereocenters. The molecule has 5 nitrogen and oxygen atoms in total. The molecule has 0 spiro atoms. The van der Waals surface area contributed by atoms with Crippen LogP contribution in [-0.4, -0.2) is 34.7 Å². The van der Waals surface area contributed by atoms with Gasteiger partial charge in [0.25, 0.3) is 0 Å². The van der Waals surface area contributed by atoms with E-state index in [1.54, 1.807) is 6.07 Å². The van der Waals surface area contributed by atoms with Gasteiger partial charge in [-0.3, -0.25) is 0 Å². The topological polar surface area (TPSA) is 67.4 Å². The van der Waals surface area contributed by atoms with Gasteiger partial charge in [0.2, 0.25) is 10.0 Å². The Balaban J connectivity index is 1.83. The summed E-state index contributed by atoms with van der Waals surface area (Å²) < 4.78 is 32.6. The third kappa shape index (κ3) is 4.53. The number of sulfonamides is 1. The van der Waals surface area contributed by atoms with Gasteiger partial charge in [-0.25, -0.2) is 13.1 Å². The van der Waals surface area contributed by atoms with Gasteiger partial charge in [-0.05, 0) is 42.3 Å². The third-order valence-corrected chi connectivity index (χ3v) is 6.29. The van der Waals surface area contributed by atoms with Gasteiger partial charge < -0.3 is 10.1 Å². The summed E-state index contributed by atoms with van der Waals surface area (Å²) in [4.78, 5) is 0. The lowest BCUT2D eigenvalue weighted by Crippen LogP contribution is -2.25. The van der Waals surface area contributed by atoms with Crippen molar-refractivity contribution in [3.63, 3.8) is 0 Å². The average Bonchev–Trinajstić information content (AvgIpc) is 3.07. The summed E-state index contributed by atoms with van der Waals surface area (Å²) in [5.74, 6) is 0.491. The summed E-state index contributed by atoms with van der Waals surface area (Å²) in [6.45, 7) is 5.65. The molecule has 1 aromatic rings. The molecule has 0 radical (unpaired) electrons. The Labute approximate surface area is 124 Å². The zero-order valence-electron chi connectivity index (χ0n) is 11.7. The van der Waals surface area contributed by atoms with Crippen LogP contribution in [0.1, 0.15) is 25.3 Å². The Morgan fingerprint density at radius 1 is 1.50 bits per heavy atom. The molecule has 2 rings (SSSR count). The van der Waals surface area contributed by atoms with Gasteiger partial charge in [-0.2, -0.15) is 0 Å².